The summed E-state index contributed by atoms with van der Waals surface area (Å²) in [4.78, 5) is 11.6. The van der Waals surface area contributed by atoms with Crippen LogP contribution in [-0.4, -0.2) is 37.7 Å². The highest BCUT2D eigenvalue weighted by Crippen LogP contribution is 2.35. The van der Waals surface area contributed by atoms with E-state index >= 15 is 0 Å². The maximum atomic E-state index is 4.73. The Kier molecular flexibility index (Phi) is 4.02. The zero-order valence-corrected chi connectivity index (χ0v) is 14.8. The van der Waals surface area contributed by atoms with E-state index in [1.165, 1.54) is 29.5 Å². The van der Waals surface area contributed by atoms with Crippen LogP contribution in [-0.2, 0) is 12.8 Å². The van der Waals surface area contributed by atoms with Gasteiger partial charge in [0.15, 0.2) is 0 Å². The molecule has 132 valence electrons. The molecule has 1 fully saturated rings. The average Bonchev–Trinajstić information content (AvgIpc) is 3.43. The third kappa shape index (κ3) is 2.72. The molecule has 3 heterocycles. The zero-order chi connectivity index (χ0) is 17.3. The largest absolute Gasteiger partial charge is 0.290 e. The van der Waals surface area contributed by atoms with Crippen molar-refractivity contribution < 1.29 is 0 Å². The van der Waals surface area contributed by atoms with Crippen molar-refractivity contribution in [3.05, 3.63) is 77.6 Å². The molecule has 26 heavy (non-hydrogen) atoms. The second kappa shape index (κ2) is 6.65. The number of pyridine rings is 1. The summed E-state index contributed by atoms with van der Waals surface area (Å²) in [6.45, 7) is 2.22. The summed E-state index contributed by atoms with van der Waals surface area (Å²) in [6, 6.07) is 13.4. The highest BCUT2D eigenvalue weighted by atomic mass is 15.4. The van der Waals surface area contributed by atoms with Gasteiger partial charge in [-0.15, -0.1) is 0 Å². The second-order valence-electron chi connectivity index (χ2n) is 7.33. The van der Waals surface area contributed by atoms with Crippen LogP contribution in [0.25, 0.3) is 0 Å². The first kappa shape index (κ1) is 15.7. The van der Waals surface area contributed by atoms with Crippen LogP contribution >= 0.6 is 0 Å². The molecule has 0 spiro atoms. The third-order valence-electron chi connectivity index (χ3n) is 5.73. The van der Waals surface area contributed by atoms with Crippen molar-refractivity contribution in [1.29, 1.82) is 0 Å². The first-order chi connectivity index (χ1) is 12.9. The van der Waals surface area contributed by atoms with E-state index in [2.05, 4.69) is 50.0 Å². The number of nitrogens with zero attached hydrogens (tertiary/aromatic N) is 5. The normalized spacial score (nSPS) is 18.9. The summed E-state index contributed by atoms with van der Waals surface area (Å²) in [7, 11) is 0. The fourth-order valence-electron chi connectivity index (χ4n) is 4.51. The standard InChI is InChI=1S/C21H23N5/c1-2-7-17-13-19(12-16(17)6-1)26-21(23-15-24-26)20(25-10-3-4-11-25)18-8-5-9-22-14-18/h1-2,5-9,14-15,19-20H,3-4,10-13H2/t20-/m1/s1. The summed E-state index contributed by atoms with van der Waals surface area (Å²) in [5.41, 5.74) is 4.09. The molecule has 1 aromatic carbocycles. The van der Waals surface area contributed by atoms with Crippen molar-refractivity contribution in [3.8, 4) is 0 Å². The van der Waals surface area contributed by atoms with Gasteiger partial charge >= 0.3 is 0 Å². The van der Waals surface area contributed by atoms with Crippen LogP contribution < -0.4 is 0 Å². The van der Waals surface area contributed by atoms with Gasteiger partial charge in [-0.2, -0.15) is 5.10 Å². The molecule has 2 aliphatic rings. The van der Waals surface area contributed by atoms with Crippen LogP contribution in [0.5, 0.6) is 0 Å². The van der Waals surface area contributed by atoms with Crippen LogP contribution in [0.3, 0.4) is 0 Å². The van der Waals surface area contributed by atoms with E-state index in [0.29, 0.717) is 6.04 Å². The molecule has 5 heteroatoms. The highest BCUT2D eigenvalue weighted by molar-refractivity contribution is 5.33. The maximum Gasteiger partial charge on any atom is 0.149 e. The number of rotatable bonds is 4. The molecule has 0 amide bonds. The molecule has 3 aromatic rings. The van der Waals surface area contributed by atoms with Gasteiger partial charge in [0, 0.05) is 12.4 Å². The summed E-state index contributed by atoms with van der Waals surface area (Å²) in [5.74, 6) is 1.05. The predicted molar refractivity (Wildman–Crippen MR) is 99.8 cm³/mol. The molecule has 0 bridgehead atoms. The summed E-state index contributed by atoms with van der Waals surface area (Å²) < 4.78 is 2.18. The van der Waals surface area contributed by atoms with Gasteiger partial charge in [-0.05, 0) is 61.5 Å². The number of likely N-dealkylation sites (tertiary alicyclic amines) is 1. The minimum Gasteiger partial charge on any atom is -0.290 e. The third-order valence-corrected chi connectivity index (χ3v) is 5.73. The number of aromatic nitrogens is 4. The highest BCUT2D eigenvalue weighted by Gasteiger charge is 2.32. The van der Waals surface area contributed by atoms with E-state index in [9.17, 15) is 0 Å². The van der Waals surface area contributed by atoms with E-state index < -0.39 is 0 Å². The average molecular weight is 345 g/mol. The lowest BCUT2D eigenvalue weighted by Crippen LogP contribution is -2.30. The van der Waals surface area contributed by atoms with Crippen LogP contribution in [0.2, 0.25) is 0 Å². The molecule has 1 aliphatic heterocycles. The van der Waals surface area contributed by atoms with Crippen LogP contribution in [0, 0.1) is 0 Å². The summed E-state index contributed by atoms with van der Waals surface area (Å²) in [6.07, 6.45) is 10.1. The Bertz CT molecular complexity index is 857. The molecule has 0 saturated carbocycles. The molecular formula is C21H23N5. The van der Waals surface area contributed by atoms with Gasteiger partial charge in [0.25, 0.3) is 0 Å². The summed E-state index contributed by atoms with van der Waals surface area (Å²) in [5, 5.41) is 4.66. The molecule has 2 aromatic heterocycles. The monoisotopic (exact) mass is 345 g/mol. The molecule has 0 unspecified atom stereocenters. The number of hydrogen-bond donors (Lipinski definition) is 0. The Morgan fingerprint density at radius 2 is 1.73 bits per heavy atom. The predicted octanol–water partition coefficient (Wildman–Crippen LogP) is 3.20. The minimum atomic E-state index is 0.136. The van der Waals surface area contributed by atoms with Crippen molar-refractivity contribution >= 4 is 0 Å². The molecule has 1 atom stereocenters. The van der Waals surface area contributed by atoms with E-state index in [-0.39, 0.29) is 6.04 Å². The Morgan fingerprint density at radius 1 is 0.962 bits per heavy atom. The molecule has 5 rings (SSSR count). The van der Waals surface area contributed by atoms with Crippen molar-refractivity contribution in [2.45, 2.75) is 37.8 Å². The van der Waals surface area contributed by atoms with Gasteiger partial charge in [-0.1, -0.05) is 30.3 Å². The number of benzene rings is 1. The SMILES string of the molecule is c1cncc([C@H](c2ncnn2C2Cc3ccccc3C2)N2CCCC2)c1. The van der Waals surface area contributed by atoms with Crippen LogP contribution in [0.4, 0.5) is 0 Å². The van der Waals surface area contributed by atoms with Crippen molar-refractivity contribution in [2.75, 3.05) is 13.1 Å². The first-order valence-electron chi connectivity index (χ1n) is 9.50. The molecule has 1 saturated heterocycles. The minimum absolute atomic E-state index is 0.136. The van der Waals surface area contributed by atoms with E-state index in [1.807, 2.05) is 18.5 Å². The van der Waals surface area contributed by atoms with Gasteiger partial charge < -0.3 is 0 Å². The molecular weight excluding hydrogens is 322 g/mol. The van der Waals surface area contributed by atoms with Gasteiger partial charge in [-0.25, -0.2) is 9.67 Å². The quantitative estimate of drug-likeness (QED) is 0.728. The van der Waals surface area contributed by atoms with Gasteiger partial charge in [0.2, 0.25) is 0 Å². The topological polar surface area (TPSA) is 46.8 Å². The molecule has 0 N–H and O–H groups in total. The Hall–Kier alpha value is -2.53. The molecule has 1 aliphatic carbocycles. The zero-order valence-electron chi connectivity index (χ0n) is 14.8. The fourth-order valence-corrected chi connectivity index (χ4v) is 4.51. The second-order valence-corrected chi connectivity index (χ2v) is 7.33. The molecule has 0 radical (unpaired) electrons. The molecule has 5 nitrogen and oxygen atoms in total. The lowest BCUT2D eigenvalue weighted by atomic mass is 10.1. The Labute approximate surface area is 153 Å². The van der Waals surface area contributed by atoms with E-state index in [1.54, 1.807) is 6.33 Å². The van der Waals surface area contributed by atoms with Crippen LogP contribution in [0.1, 0.15) is 47.4 Å². The van der Waals surface area contributed by atoms with Crippen LogP contribution in [0.15, 0.2) is 55.1 Å². The van der Waals surface area contributed by atoms with Gasteiger partial charge in [0.05, 0.1) is 12.1 Å². The Balaban J connectivity index is 1.52. The van der Waals surface area contributed by atoms with Gasteiger partial charge in [0.1, 0.15) is 12.2 Å². The van der Waals surface area contributed by atoms with E-state index in [4.69, 9.17) is 4.98 Å². The van der Waals surface area contributed by atoms with E-state index in [0.717, 1.165) is 31.8 Å². The number of hydrogen-bond acceptors (Lipinski definition) is 4. The smallest absolute Gasteiger partial charge is 0.149 e. The lowest BCUT2D eigenvalue weighted by Gasteiger charge is -2.28. The fraction of sp³-hybridized carbons (Fsp3) is 0.381. The number of fused-ring (bicyclic) bond motifs is 1. The van der Waals surface area contributed by atoms with Crippen molar-refractivity contribution in [3.63, 3.8) is 0 Å². The summed E-state index contributed by atoms with van der Waals surface area (Å²) >= 11 is 0. The van der Waals surface area contributed by atoms with Crippen molar-refractivity contribution in [1.82, 2.24) is 24.6 Å². The van der Waals surface area contributed by atoms with Gasteiger partial charge in [-0.3, -0.25) is 9.88 Å². The lowest BCUT2D eigenvalue weighted by molar-refractivity contribution is 0.257. The Morgan fingerprint density at radius 3 is 2.42 bits per heavy atom. The van der Waals surface area contributed by atoms with Crippen molar-refractivity contribution in [2.24, 2.45) is 0 Å². The first-order valence-corrected chi connectivity index (χ1v) is 9.50. The maximum absolute atomic E-state index is 4.73.